The third-order valence-electron chi connectivity index (χ3n) is 5.34. The lowest BCUT2D eigenvalue weighted by molar-refractivity contribution is 0.251. The number of nitrogens with one attached hydrogen (secondary N) is 3. The van der Waals surface area contributed by atoms with Gasteiger partial charge in [0, 0.05) is 25.3 Å². The Kier molecular flexibility index (Phi) is 6.43. The van der Waals surface area contributed by atoms with Gasteiger partial charge in [0.15, 0.2) is 9.84 Å². The van der Waals surface area contributed by atoms with Crippen molar-refractivity contribution in [2.75, 3.05) is 12.4 Å². The number of hydrogen-bond donors (Lipinski definition) is 3. The number of urea groups is 1. The number of ether oxygens (including phenoxy) is 1. The van der Waals surface area contributed by atoms with Gasteiger partial charge in [-0.05, 0) is 58.7 Å². The van der Waals surface area contributed by atoms with E-state index in [4.69, 9.17) is 4.74 Å². The van der Waals surface area contributed by atoms with E-state index in [1.807, 2.05) is 42.5 Å². The standard InChI is InChI=1S/C24H25N3O4S/c1-31-22-8-3-17(4-9-22)13-26-24(28)27-21-6-10-23(11-7-21)32(29,30)16-18-2-5-19-14-25-15-20(19)12-18/h2-12,25H,13-16H2,1H3,(H2,26,27,28). The molecule has 3 aromatic carbocycles. The molecule has 1 aliphatic rings. The van der Waals surface area contributed by atoms with Crippen LogP contribution < -0.4 is 20.7 Å². The van der Waals surface area contributed by atoms with Crippen LogP contribution in [-0.4, -0.2) is 21.6 Å². The lowest BCUT2D eigenvalue weighted by Gasteiger charge is -2.10. The molecule has 2 amide bonds. The van der Waals surface area contributed by atoms with Crippen molar-refractivity contribution in [3.8, 4) is 5.75 Å². The Morgan fingerprint density at radius 3 is 2.34 bits per heavy atom. The minimum absolute atomic E-state index is 0.0601. The quantitative estimate of drug-likeness (QED) is 0.510. The van der Waals surface area contributed by atoms with Gasteiger partial charge in [-0.1, -0.05) is 30.3 Å². The molecule has 0 spiro atoms. The van der Waals surface area contributed by atoms with Gasteiger partial charge in [-0.25, -0.2) is 13.2 Å². The van der Waals surface area contributed by atoms with Gasteiger partial charge in [-0.3, -0.25) is 0 Å². The van der Waals surface area contributed by atoms with Gasteiger partial charge in [0.25, 0.3) is 0 Å². The lowest BCUT2D eigenvalue weighted by atomic mass is 10.1. The largest absolute Gasteiger partial charge is 0.497 e. The van der Waals surface area contributed by atoms with E-state index in [2.05, 4.69) is 16.0 Å². The summed E-state index contributed by atoms with van der Waals surface area (Å²) in [6.45, 7) is 1.95. The maximum Gasteiger partial charge on any atom is 0.319 e. The topological polar surface area (TPSA) is 96.5 Å². The molecule has 7 nitrogen and oxygen atoms in total. The van der Waals surface area contributed by atoms with E-state index in [9.17, 15) is 13.2 Å². The van der Waals surface area contributed by atoms with Crippen LogP contribution in [0.3, 0.4) is 0 Å². The zero-order valence-electron chi connectivity index (χ0n) is 17.7. The minimum atomic E-state index is -3.49. The van der Waals surface area contributed by atoms with Gasteiger partial charge in [-0.2, -0.15) is 0 Å². The van der Waals surface area contributed by atoms with Gasteiger partial charge in [0.2, 0.25) is 0 Å². The second-order valence-corrected chi connectivity index (χ2v) is 9.64. The summed E-state index contributed by atoms with van der Waals surface area (Å²) in [5.41, 5.74) is 4.59. The Morgan fingerprint density at radius 1 is 0.938 bits per heavy atom. The van der Waals surface area contributed by atoms with Crippen LogP contribution in [0, 0.1) is 0 Å². The maximum atomic E-state index is 12.8. The molecule has 0 radical (unpaired) electrons. The summed E-state index contributed by atoms with van der Waals surface area (Å²) < 4.78 is 30.7. The summed E-state index contributed by atoms with van der Waals surface area (Å²) in [7, 11) is -1.89. The minimum Gasteiger partial charge on any atom is -0.497 e. The average molecular weight is 452 g/mol. The van der Waals surface area contributed by atoms with E-state index in [0.29, 0.717) is 12.2 Å². The number of rotatable bonds is 7. The van der Waals surface area contributed by atoms with Crippen molar-refractivity contribution in [1.29, 1.82) is 0 Å². The predicted molar refractivity (Wildman–Crippen MR) is 123 cm³/mol. The number of carbonyl (C=O) groups is 1. The summed E-state index contributed by atoms with van der Waals surface area (Å²) in [6.07, 6.45) is 0. The molecule has 3 N–H and O–H groups in total. The van der Waals surface area contributed by atoms with Crippen molar-refractivity contribution in [3.05, 3.63) is 89.0 Å². The maximum absolute atomic E-state index is 12.8. The molecule has 0 saturated carbocycles. The number of amides is 2. The Hall–Kier alpha value is -3.36. The van der Waals surface area contributed by atoms with Crippen molar-refractivity contribution in [2.45, 2.75) is 30.3 Å². The average Bonchev–Trinajstić information content (AvgIpc) is 3.26. The van der Waals surface area contributed by atoms with Crippen molar-refractivity contribution >= 4 is 21.6 Å². The first-order valence-electron chi connectivity index (χ1n) is 10.2. The molecule has 0 unspecified atom stereocenters. The van der Waals surface area contributed by atoms with Crippen LogP contribution in [0.25, 0.3) is 0 Å². The molecular weight excluding hydrogens is 426 g/mol. The van der Waals surface area contributed by atoms with Crippen molar-refractivity contribution < 1.29 is 17.9 Å². The van der Waals surface area contributed by atoms with Gasteiger partial charge in [0.05, 0.1) is 17.8 Å². The van der Waals surface area contributed by atoms with Crippen molar-refractivity contribution in [2.24, 2.45) is 0 Å². The van der Waals surface area contributed by atoms with Crippen LogP contribution in [0.5, 0.6) is 5.75 Å². The van der Waals surface area contributed by atoms with E-state index in [1.165, 1.54) is 17.7 Å². The summed E-state index contributed by atoms with van der Waals surface area (Å²) in [5, 5.41) is 8.74. The van der Waals surface area contributed by atoms with Crippen LogP contribution in [0.15, 0.2) is 71.6 Å². The second-order valence-electron chi connectivity index (χ2n) is 7.65. The SMILES string of the molecule is COc1ccc(CNC(=O)Nc2ccc(S(=O)(=O)Cc3ccc4c(c3)CNC4)cc2)cc1. The lowest BCUT2D eigenvalue weighted by Crippen LogP contribution is -2.28. The fourth-order valence-electron chi connectivity index (χ4n) is 3.59. The highest BCUT2D eigenvalue weighted by molar-refractivity contribution is 7.90. The van der Waals surface area contributed by atoms with Crippen LogP contribution in [0.2, 0.25) is 0 Å². The number of carbonyl (C=O) groups excluding carboxylic acids is 1. The number of methoxy groups -OCH3 is 1. The number of fused-ring (bicyclic) bond motifs is 1. The fourth-order valence-corrected chi connectivity index (χ4v) is 4.92. The van der Waals surface area contributed by atoms with E-state index in [0.717, 1.165) is 35.5 Å². The van der Waals surface area contributed by atoms with Gasteiger partial charge >= 0.3 is 6.03 Å². The highest BCUT2D eigenvalue weighted by Crippen LogP contribution is 2.22. The van der Waals surface area contributed by atoms with Crippen LogP contribution in [0.4, 0.5) is 10.5 Å². The van der Waals surface area contributed by atoms with Gasteiger partial charge in [-0.15, -0.1) is 0 Å². The van der Waals surface area contributed by atoms with Crippen LogP contribution >= 0.6 is 0 Å². The first-order valence-corrected chi connectivity index (χ1v) is 11.9. The molecule has 4 rings (SSSR count). The molecule has 0 fully saturated rings. The van der Waals surface area contributed by atoms with E-state index < -0.39 is 9.84 Å². The van der Waals surface area contributed by atoms with E-state index >= 15 is 0 Å². The summed E-state index contributed by atoms with van der Waals surface area (Å²) in [4.78, 5) is 12.4. The molecule has 0 aliphatic carbocycles. The highest BCUT2D eigenvalue weighted by Gasteiger charge is 2.18. The highest BCUT2D eigenvalue weighted by atomic mass is 32.2. The van der Waals surface area contributed by atoms with Crippen LogP contribution in [-0.2, 0) is 35.2 Å². The van der Waals surface area contributed by atoms with E-state index in [-0.39, 0.29) is 16.7 Å². The molecule has 0 saturated heterocycles. The number of benzene rings is 3. The summed E-state index contributed by atoms with van der Waals surface area (Å²) in [5.74, 6) is 0.691. The Labute approximate surface area is 187 Å². The van der Waals surface area contributed by atoms with E-state index in [1.54, 1.807) is 19.2 Å². The number of anilines is 1. The molecule has 0 aromatic heterocycles. The Bertz CT molecular complexity index is 1210. The fraction of sp³-hybridized carbons (Fsp3) is 0.208. The molecule has 1 heterocycles. The predicted octanol–water partition coefficient (Wildman–Crippen LogP) is 3.59. The smallest absolute Gasteiger partial charge is 0.319 e. The Balaban J connectivity index is 1.33. The summed E-state index contributed by atoms with van der Waals surface area (Å²) in [6, 6.07) is 19.0. The molecule has 0 atom stereocenters. The monoisotopic (exact) mass is 451 g/mol. The zero-order chi connectivity index (χ0) is 22.6. The zero-order valence-corrected chi connectivity index (χ0v) is 18.5. The first-order chi connectivity index (χ1) is 15.4. The van der Waals surface area contributed by atoms with Gasteiger partial charge < -0.3 is 20.7 Å². The second kappa shape index (κ2) is 9.42. The molecule has 3 aromatic rings. The third-order valence-corrected chi connectivity index (χ3v) is 7.05. The Morgan fingerprint density at radius 2 is 1.62 bits per heavy atom. The number of sulfone groups is 1. The van der Waals surface area contributed by atoms with Crippen LogP contribution in [0.1, 0.15) is 22.3 Å². The molecule has 32 heavy (non-hydrogen) atoms. The molecule has 0 bridgehead atoms. The number of hydrogen-bond acceptors (Lipinski definition) is 5. The molecular formula is C24H25N3O4S. The third kappa shape index (κ3) is 5.27. The summed E-state index contributed by atoms with van der Waals surface area (Å²) >= 11 is 0. The van der Waals surface area contributed by atoms with Crippen molar-refractivity contribution in [1.82, 2.24) is 10.6 Å². The first kappa shape index (κ1) is 21.9. The van der Waals surface area contributed by atoms with Crippen molar-refractivity contribution in [3.63, 3.8) is 0 Å². The normalized spacial score (nSPS) is 12.8. The molecule has 1 aliphatic heterocycles. The van der Waals surface area contributed by atoms with Gasteiger partial charge in [0.1, 0.15) is 5.75 Å². The molecule has 8 heteroatoms. The molecule has 166 valence electrons.